The van der Waals surface area contributed by atoms with Crippen molar-refractivity contribution in [2.24, 2.45) is 0 Å². The molecule has 0 aliphatic carbocycles. The van der Waals surface area contributed by atoms with Crippen molar-refractivity contribution >= 4 is 22.9 Å². The fourth-order valence-corrected chi connectivity index (χ4v) is 2.16. The summed E-state index contributed by atoms with van der Waals surface area (Å²) in [6.45, 7) is 0.261. The Hall–Kier alpha value is -2.27. The Balaban J connectivity index is 1.75. The lowest BCUT2D eigenvalue weighted by Gasteiger charge is -2.09. The maximum Gasteiger partial charge on any atom is 0.231 e. The van der Waals surface area contributed by atoms with E-state index >= 15 is 0 Å². The molecule has 0 amide bonds. The van der Waals surface area contributed by atoms with E-state index < -0.39 is 0 Å². The summed E-state index contributed by atoms with van der Waals surface area (Å²) in [5.41, 5.74) is 1.80. The molecule has 2 aromatic rings. The molecular formula is C15H13NO3S. The second kappa shape index (κ2) is 5.38. The van der Waals surface area contributed by atoms with E-state index in [0.29, 0.717) is 4.99 Å². The molecule has 1 N–H and O–H groups in total. The molecule has 3 rings (SSSR count). The van der Waals surface area contributed by atoms with Gasteiger partial charge in [-0.3, -0.25) is 0 Å². The molecule has 0 fully saturated rings. The monoisotopic (exact) mass is 287 g/mol. The Bertz CT molecular complexity index is 640. The van der Waals surface area contributed by atoms with Crippen molar-refractivity contribution in [3.8, 4) is 17.2 Å². The fraction of sp³-hybridized carbons (Fsp3) is 0.133. The number of benzene rings is 2. The molecule has 1 aliphatic rings. The van der Waals surface area contributed by atoms with E-state index in [4.69, 9.17) is 26.4 Å². The van der Waals surface area contributed by atoms with Crippen molar-refractivity contribution < 1.29 is 14.2 Å². The first-order chi connectivity index (χ1) is 9.76. The van der Waals surface area contributed by atoms with Crippen LogP contribution in [0, 0.1) is 0 Å². The number of anilines is 1. The van der Waals surface area contributed by atoms with Crippen LogP contribution in [0.25, 0.3) is 0 Å². The summed E-state index contributed by atoms with van der Waals surface area (Å²) >= 11 is 5.40. The van der Waals surface area contributed by atoms with E-state index in [1.54, 1.807) is 7.11 Å². The SMILES string of the molecule is COc1ccc(NC(=S)c2ccc3c(c2)OCO3)cc1. The maximum absolute atomic E-state index is 5.40. The Morgan fingerprint density at radius 1 is 1.10 bits per heavy atom. The molecule has 0 spiro atoms. The molecular weight excluding hydrogens is 274 g/mol. The smallest absolute Gasteiger partial charge is 0.231 e. The summed E-state index contributed by atoms with van der Waals surface area (Å²) < 4.78 is 15.7. The number of nitrogens with one attached hydrogen (secondary N) is 1. The van der Waals surface area contributed by atoms with Crippen molar-refractivity contribution in [2.45, 2.75) is 0 Å². The Kier molecular flexibility index (Phi) is 3.43. The zero-order valence-corrected chi connectivity index (χ0v) is 11.7. The first kappa shape index (κ1) is 12.7. The molecule has 0 unspecified atom stereocenters. The molecule has 0 saturated heterocycles. The normalized spacial score (nSPS) is 12.1. The lowest BCUT2D eigenvalue weighted by Crippen LogP contribution is -2.10. The minimum absolute atomic E-state index is 0.261. The van der Waals surface area contributed by atoms with Gasteiger partial charge in [0.1, 0.15) is 10.7 Å². The highest BCUT2D eigenvalue weighted by atomic mass is 32.1. The van der Waals surface area contributed by atoms with Crippen molar-refractivity contribution in [3.63, 3.8) is 0 Å². The van der Waals surface area contributed by atoms with Crippen LogP contribution in [-0.2, 0) is 0 Å². The Labute approximate surface area is 122 Å². The van der Waals surface area contributed by atoms with Crippen LogP contribution in [0.3, 0.4) is 0 Å². The van der Waals surface area contributed by atoms with Gasteiger partial charge >= 0.3 is 0 Å². The molecule has 20 heavy (non-hydrogen) atoms. The second-order valence-corrected chi connectivity index (χ2v) is 4.66. The largest absolute Gasteiger partial charge is 0.497 e. The predicted molar refractivity (Wildman–Crippen MR) is 80.9 cm³/mol. The minimum Gasteiger partial charge on any atom is -0.497 e. The fourth-order valence-electron chi connectivity index (χ4n) is 1.92. The molecule has 4 nitrogen and oxygen atoms in total. The molecule has 5 heteroatoms. The van der Waals surface area contributed by atoms with E-state index in [-0.39, 0.29) is 6.79 Å². The van der Waals surface area contributed by atoms with Gasteiger partial charge in [-0.05, 0) is 42.5 Å². The third kappa shape index (κ3) is 2.53. The lowest BCUT2D eigenvalue weighted by molar-refractivity contribution is 0.174. The Morgan fingerprint density at radius 2 is 1.85 bits per heavy atom. The summed E-state index contributed by atoms with van der Waals surface area (Å²) in [5, 5.41) is 3.18. The van der Waals surface area contributed by atoms with Crippen molar-refractivity contribution in [2.75, 3.05) is 19.2 Å². The Morgan fingerprint density at radius 3 is 2.60 bits per heavy atom. The summed E-state index contributed by atoms with van der Waals surface area (Å²) in [7, 11) is 1.64. The molecule has 1 heterocycles. The van der Waals surface area contributed by atoms with Crippen molar-refractivity contribution in [1.82, 2.24) is 0 Å². The van der Waals surface area contributed by atoms with Crippen LogP contribution >= 0.6 is 12.2 Å². The molecule has 0 atom stereocenters. The highest BCUT2D eigenvalue weighted by molar-refractivity contribution is 7.81. The average Bonchev–Trinajstić information content (AvgIpc) is 2.95. The molecule has 1 aliphatic heterocycles. The summed E-state index contributed by atoms with van der Waals surface area (Å²) in [6, 6.07) is 13.2. The molecule has 102 valence electrons. The average molecular weight is 287 g/mol. The predicted octanol–water partition coefficient (Wildman–Crippen LogP) is 3.21. The van der Waals surface area contributed by atoms with E-state index in [0.717, 1.165) is 28.5 Å². The summed E-state index contributed by atoms with van der Waals surface area (Å²) in [6.07, 6.45) is 0. The number of rotatable bonds is 3. The highest BCUT2D eigenvalue weighted by Crippen LogP contribution is 2.32. The number of fused-ring (bicyclic) bond motifs is 1. The molecule has 0 saturated carbocycles. The molecule has 2 aromatic carbocycles. The van der Waals surface area contributed by atoms with Gasteiger partial charge in [0.25, 0.3) is 0 Å². The van der Waals surface area contributed by atoms with Gasteiger partial charge in [-0.1, -0.05) is 12.2 Å². The zero-order chi connectivity index (χ0) is 13.9. The minimum atomic E-state index is 0.261. The quantitative estimate of drug-likeness (QED) is 0.878. The van der Waals surface area contributed by atoms with Crippen LogP contribution in [0.1, 0.15) is 5.56 Å². The topological polar surface area (TPSA) is 39.7 Å². The van der Waals surface area contributed by atoms with Crippen LogP contribution in [0.4, 0.5) is 5.69 Å². The van der Waals surface area contributed by atoms with Crippen LogP contribution in [0.2, 0.25) is 0 Å². The third-order valence-electron chi connectivity index (χ3n) is 2.98. The van der Waals surface area contributed by atoms with Gasteiger partial charge in [0, 0.05) is 11.3 Å². The van der Waals surface area contributed by atoms with Crippen LogP contribution in [-0.4, -0.2) is 18.9 Å². The van der Waals surface area contributed by atoms with Gasteiger partial charge in [-0.15, -0.1) is 0 Å². The molecule has 0 radical (unpaired) electrons. The van der Waals surface area contributed by atoms with Gasteiger partial charge in [0.2, 0.25) is 6.79 Å². The van der Waals surface area contributed by atoms with Gasteiger partial charge in [0.05, 0.1) is 7.11 Å². The standard InChI is InChI=1S/C15H13NO3S/c1-17-12-5-3-11(4-6-12)16-15(20)10-2-7-13-14(8-10)19-9-18-13/h2-8H,9H2,1H3,(H,16,20). The van der Waals surface area contributed by atoms with Gasteiger partial charge in [-0.25, -0.2) is 0 Å². The van der Waals surface area contributed by atoms with Crippen LogP contribution < -0.4 is 19.5 Å². The van der Waals surface area contributed by atoms with Crippen molar-refractivity contribution in [1.29, 1.82) is 0 Å². The summed E-state index contributed by atoms with van der Waals surface area (Å²) in [4.78, 5) is 0.633. The second-order valence-electron chi connectivity index (χ2n) is 4.25. The van der Waals surface area contributed by atoms with Crippen LogP contribution in [0.5, 0.6) is 17.2 Å². The number of hydrogen-bond acceptors (Lipinski definition) is 4. The number of ether oxygens (including phenoxy) is 3. The van der Waals surface area contributed by atoms with E-state index in [1.807, 2.05) is 42.5 Å². The van der Waals surface area contributed by atoms with Gasteiger partial charge in [0.15, 0.2) is 11.5 Å². The van der Waals surface area contributed by atoms with Gasteiger partial charge in [-0.2, -0.15) is 0 Å². The zero-order valence-electron chi connectivity index (χ0n) is 10.9. The van der Waals surface area contributed by atoms with Crippen molar-refractivity contribution in [3.05, 3.63) is 48.0 Å². The number of thiocarbonyl (C=S) groups is 1. The molecule has 0 bridgehead atoms. The molecule has 0 aromatic heterocycles. The van der Waals surface area contributed by atoms with E-state index in [1.165, 1.54) is 0 Å². The first-order valence-electron chi connectivity index (χ1n) is 6.11. The highest BCUT2D eigenvalue weighted by Gasteiger charge is 2.14. The number of hydrogen-bond donors (Lipinski definition) is 1. The summed E-state index contributed by atoms with van der Waals surface area (Å²) in [5.74, 6) is 2.28. The number of methoxy groups -OCH3 is 1. The lowest BCUT2D eigenvalue weighted by atomic mass is 10.2. The maximum atomic E-state index is 5.40. The first-order valence-corrected chi connectivity index (χ1v) is 6.52. The van der Waals surface area contributed by atoms with E-state index in [2.05, 4.69) is 5.32 Å². The third-order valence-corrected chi connectivity index (χ3v) is 3.32. The van der Waals surface area contributed by atoms with E-state index in [9.17, 15) is 0 Å². The van der Waals surface area contributed by atoms with Crippen LogP contribution in [0.15, 0.2) is 42.5 Å². The van der Waals surface area contributed by atoms with Gasteiger partial charge < -0.3 is 19.5 Å².